The SMILES string of the molecule is CCCNC(=O)Cn1cnc(-c2ccccc2)cc1=O. The van der Waals surface area contributed by atoms with Crippen molar-refractivity contribution in [2.45, 2.75) is 19.9 Å². The molecule has 0 aliphatic heterocycles. The van der Waals surface area contributed by atoms with Gasteiger partial charge in [0.05, 0.1) is 12.0 Å². The lowest BCUT2D eigenvalue weighted by molar-refractivity contribution is -0.121. The molecule has 2 rings (SSSR count). The predicted molar refractivity (Wildman–Crippen MR) is 77.2 cm³/mol. The fourth-order valence-corrected chi connectivity index (χ4v) is 1.79. The summed E-state index contributed by atoms with van der Waals surface area (Å²) in [6, 6.07) is 10.9. The number of carbonyl (C=O) groups is 1. The number of hydrogen-bond acceptors (Lipinski definition) is 3. The molecule has 1 aromatic heterocycles. The van der Waals surface area contributed by atoms with E-state index < -0.39 is 0 Å². The second-order valence-corrected chi connectivity index (χ2v) is 4.46. The molecule has 0 saturated carbocycles. The molecule has 0 aliphatic rings. The predicted octanol–water partition coefficient (Wildman–Crippen LogP) is 1.44. The third kappa shape index (κ3) is 3.54. The second-order valence-electron chi connectivity index (χ2n) is 4.46. The lowest BCUT2D eigenvalue weighted by atomic mass is 10.1. The highest BCUT2D eigenvalue weighted by Gasteiger charge is 2.06. The molecule has 1 amide bonds. The molecule has 104 valence electrons. The van der Waals surface area contributed by atoms with Gasteiger partial charge in [0.15, 0.2) is 0 Å². The standard InChI is InChI=1S/C15H17N3O2/c1-2-8-16-14(19)10-18-11-17-13(9-15(18)20)12-6-4-3-5-7-12/h3-7,9,11H,2,8,10H2,1H3,(H,16,19). The maximum Gasteiger partial charge on any atom is 0.254 e. The first-order valence-corrected chi connectivity index (χ1v) is 6.59. The first-order valence-electron chi connectivity index (χ1n) is 6.59. The molecular formula is C15H17N3O2. The summed E-state index contributed by atoms with van der Waals surface area (Å²) in [5.41, 5.74) is 1.26. The van der Waals surface area contributed by atoms with Crippen LogP contribution in [0.1, 0.15) is 13.3 Å². The Hall–Kier alpha value is -2.43. The topological polar surface area (TPSA) is 64.0 Å². The van der Waals surface area contributed by atoms with Gasteiger partial charge in [0.25, 0.3) is 5.56 Å². The van der Waals surface area contributed by atoms with Crippen molar-refractivity contribution >= 4 is 5.91 Å². The minimum Gasteiger partial charge on any atom is -0.355 e. The minimum absolute atomic E-state index is 0.000896. The number of amides is 1. The van der Waals surface area contributed by atoms with Crippen molar-refractivity contribution in [3.05, 3.63) is 53.1 Å². The van der Waals surface area contributed by atoms with Crippen molar-refractivity contribution in [3.63, 3.8) is 0 Å². The van der Waals surface area contributed by atoms with Crippen molar-refractivity contribution in [3.8, 4) is 11.3 Å². The Bertz CT molecular complexity index is 635. The van der Waals surface area contributed by atoms with Gasteiger partial charge in [0.2, 0.25) is 5.91 Å². The van der Waals surface area contributed by atoms with Gasteiger partial charge in [-0.15, -0.1) is 0 Å². The van der Waals surface area contributed by atoms with Gasteiger partial charge in [-0.2, -0.15) is 0 Å². The van der Waals surface area contributed by atoms with Gasteiger partial charge >= 0.3 is 0 Å². The number of hydrogen-bond donors (Lipinski definition) is 1. The van der Waals surface area contributed by atoms with Crippen molar-refractivity contribution in [1.82, 2.24) is 14.9 Å². The Balaban J connectivity index is 2.15. The van der Waals surface area contributed by atoms with Crippen LogP contribution in [0.4, 0.5) is 0 Å². The molecule has 1 heterocycles. The Morgan fingerprint density at radius 3 is 2.70 bits per heavy atom. The normalized spacial score (nSPS) is 10.2. The number of rotatable bonds is 5. The van der Waals surface area contributed by atoms with Crippen LogP contribution < -0.4 is 10.9 Å². The summed E-state index contributed by atoms with van der Waals surface area (Å²) in [4.78, 5) is 27.8. The lowest BCUT2D eigenvalue weighted by Crippen LogP contribution is -2.32. The Labute approximate surface area is 117 Å². The van der Waals surface area contributed by atoms with Crippen LogP contribution >= 0.6 is 0 Å². The van der Waals surface area contributed by atoms with E-state index in [-0.39, 0.29) is 18.0 Å². The van der Waals surface area contributed by atoms with Crippen LogP contribution in [0, 0.1) is 0 Å². The first-order chi connectivity index (χ1) is 9.70. The zero-order chi connectivity index (χ0) is 14.4. The van der Waals surface area contributed by atoms with Gasteiger partial charge < -0.3 is 5.32 Å². The monoisotopic (exact) mass is 271 g/mol. The zero-order valence-electron chi connectivity index (χ0n) is 11.4. The highest BCUT2D eigenvalue weighted by atomic mass is 16.2. The fraction of sp³-hybridized carbons (Fsp3) is 0.267. The average Bonchev–Trinajstić information content (AvgIpc) is 2.48. The highest BCUT2D eigenvalue weighted by molar-refractivity contribution is 5.75. The van der Waals surface area contributed by atoms with Crippen molar-refractivity contribution in [2.75, 3.05) is 6.54 Å². The summed E-state index contributed by atoms with van der Waals surface area (Å²) >= 11 is 0. The molecule has 5 heteroatoms. The van der Waals surface area contributed by atoms with Gasteiger partial charge in [0.1, 0.15) is 6.54 Å². The van der Waals surface area contributed by atoms with E-state index in [1.54, 1.807) is 0 Å². The minimum atomic E-state index is -0.231. The molecule has 0 spiro atoms. The van der Waals surface area contributed by atoms with E-state index in [4.69, 9.17) is 0 Å². The summed E-state index contributed by atoms with van der Waals surface area (Å²) in [7, 11) is 0. The van der Waals surface area contributed by atoms with Crippen LogP contribution in [0.2, 0.25) is 0 Å². The fourth-order valence-electron chi connectivity index (χ4n) is 1.79. The Kier molecular flexibility index (Phi) is 4.65. The highest BCUT2D eigenvalue weighted by Crippen LogP contribution is 2.13. The summed E-state index contributed by atoms with van der Waals surface area (Å²) < 4.78 is 1.30. The molecule has 0 aliphatic carbocycles. The van der Waals surface area contributed by atoms with Crippen molar-refractivity contribution in [1.29, 1.82) is 0 Å². The molecule has 0 unspecified atom stereocenters. The summed E-state index contributed by atoms with van der Waals surface area (Å²) in [6.07, 6.45) is 2.28. The number of nitrogens with one attached hydrogen (secondary N) is 1. The first kappa shape index (κ1) is 14.0. The van der Waals surface area contributed by atoms with Gasteiger partial charge in [-0.3, -0.25) is 14.2 Å². The second kappa shape index (κ2) is 6.65. The zero-order valence-corrected chi connectivity index (χ0v) is 11.4. The van der Waals surface area contributed by atoms with Crippen LogP contribution in [-0.2, 0) is 11.3 Å². The molecule has 20 heavy (non-hydrogen) atoms. The lowest BCUT2D eigenvalue weighted by Gasteiger charge is -2.07. The molecule has 0 atom stereocenters. The number of carbonyl (C=O) groups excluding carboxylic acids is 1. The third-order valence-electron chi connectivity index (χ3n) is 2.84. The maximum absolute atomic E-state index is 12.0. The van der Waals surface area contributed by atoms with E-state index in [1.165, 1.54) is 17.0 Å². The van der Waals surface area contributed by atoms with Gasteiger partial charge in [-0.1, -0.05) is 37.3 Å². The summed E-state index contributed by atoms with van der Waals surface area (Å²) in [6.45, 7) is 2.59. The summed E-state index contributed by atoms with van der Waals surface area (Å²) in [5.74, 6) is -0.178. The largest absolute Gasteiger partial charge is 0.355 e. The molecule has 0 saturated heterocycles. The van der Waals surface area contributed by atoms with Crippen molar-refractivity contribution < 1.29 is 4.79 Å². The van der Waals surface area contributed by atoms with Crippen LogP contribution in [0.5, 0.6) is 0 Å². The molecule has 0 bridgehead atoms. The molecular weight excluding hydrogens is 254 g/mol. The van der Waals surface area contributed by atoms with Crippen molar-refractivity contribution in [2.24, 2.45) is 0 Å². The molecule has 0 fully saturated rings. The number of aromatic nitrogens is 2. The van der Waals surface area contributed by atoms with E-state index in [1.807, 2.05) is 37.3 Å². The van der Waals surface area contributed by atoms with Crippen LogP contribution in [0.25, 0.3) is 11.3 Å². The quantitative estimate of drug-likeness (QED) is 0.895. The number of nitrogens with zero attached hydrogens (tertiary/aromatic N) is 2. The van der Waals surface area contributed by atoms with E-state index in [0.29, 0.717) is 12.2 Å². The molecule has 0 radical (unpaired) electrons. The van der Waals surface area contributed by atoms with Gasteiger partial charge in [0, 0.05) is 18.2 Å². The summed E-state index contributed by atoms with van der Waals surface area (Å²) in [5, 5.41) is 2.73. The van der Waals surface area contributed by atoms with Crippen LogP contribution in [-0.4, -0.2) is 22.0 Å². The molecule has 5 nitrogen and oxygen atoms in total. The average molecular weight is 271 g/mol. The smallest absolute Gasteiger partial charge is 0.254 e. The van der Waals surface area contributed by atoms with Gasteiger partial charge in [-0.05, 0) is 6.42 Å². The Morgan fingerprint density at radius 2 is 2.05 bits per heavy atom. The molecule has 1 N–H and O–H groups in total. The Morgan fingerprint density at radius 1 is 1.30 bits per heavy atom. The number of benzene rings is 1. The molecule has 2 aromatic rings. The van der Waals surface area contributed by atoms with Gasteiger partial charge in [-0.25, -0.2) is 4.98 Å². The maximum atomic E-state index is 12.0. The van der Waals surface area contributed by atoms with E-state index in [9.17, 15) is 9.59 Å². The van der Waals surface area contributed by atoms with Crippen LogP contribution in [0.3, 0.4) is 0 Å². The van der Waals surface area contributed by atoms with E-state index in [2.05, 4.69) is 10.3 Å². The van der Waals surface area contributed by atoms with E-state index >= 15 is 0 Å². The van der Waals surface area contributed by atoms with Crippen LogP contribution in [0.15, 0.2) is 47.5 Å². The third-order valence-corrected chi connectivity index (χ3v) is 2.84. The van der Waals surface area contributed by atoms with E-state index in [0.717, 1.165) is 12.0 Å². The molecule has 1 aromatic carbocycles.